The van der Waals surface area contributed by atoms with E-state index in [1.807, 2.05) is 4.90 Å². The van der Waals surface area contributed by atoms with Crippen LogP contribution in [0.1, 0.15) is 26.2 Å². The SMILES string of the molecule is CC(=O)N1CCCN(C2CC2)CC1. The molecule has 2 fully saturated rings. The van der Waals surface area contributed by atoms with Crippen LogP contribution in [0.3, 0.4) is 0 Å². The summed E-state index contributed by atoms with van der Waals surface area (Å²) in [5.74, 6) is 0.234. The highest BCUT2D eigenvalue weighted by molar-refractivity contribution is 5.73. The summed E-state index contributed by atoms with van der Waals surface area (Å²) in [4.78, 5) is 15.7. The molecule has 1 heterocycles. The molecule has 3 nitrogen and oxygen atoms in total. The van der Waals surface area contributed by atoms with Gasteiger partial charge in [0.25, 0.3) is 0 Å². The summed E-state index contributed by atoms with van der Waals surface area (Å²) in [6.07, 6.45) is 3.90. The van der Waals surface area contributed by atoms with Crippen LogP contribution in [0.25, 0.3) is 0 Å². The van der Waals surface area contributed by atoms with Crippen LogP contribution in [-0.4, -0.2) is 47.9 Å². The van der Waals surface area contributed by atoms with Crippen molar-refractivity contribution in [2.75, 3.05) is 26.2 Å². The molecule has 0 aromatic rings. The van der Waals surface area contributed by atoms with Crippen molar-refractivity contribution >= 4 is 5.91 Å². The molecule has 74 valence electrons. The van der Waals surface area contributed by atoms with Crippen molar-refractivity contribution in [3.05, 3.63) is 0 Å². The van der Waals surface area contributed by atoms with E-state index in [4.69, 9.17) is 0 Å². The van der Waals surface area contributed by atoms with Gasteiger partial charge in [-0.25, -0.2) is 0 Å². The highest BCUT2D eigenvalue weighted by Gasteiger charge is 2.30. The topological polar surface area (TPSA) is 23.6 Å². The number of amides is 1. The molecule has 0 radical (unpaired) electrons. The highest BCUT2D eigenvalue weighted by atomic mass is 16.2. The molecule has 0 bridgehead atoms. The van der Waals surface area contributed by atoms with Crippen molar-refractivity contribution in [2.45, 2.75) is 32.2 Å². The van der Waals surface area contributed by atoms with Gasteiger partial charge in [-0.2, -0.15) is 0 Å². The summed E-state index contributed by atoms with van der Waals surface area (Å²) >= 11 is 0. The Bertz CT molecular complexity index is 201. The van der Waals surface area contributed by atoms with Gasteiger partial charge in [0.05, 0.1) is 0 Å². The normalized spacial score (nSPS) is 25.8. The van der Waals surface area contributed by atoms with E-state index in [0.29, 0.717) is 0 Å². The van der Waals surface area contributed by atoms with Gasteiger partial charge >= 0.3 is 0 Å². The first-order valence-electron chi connectivity index (χ1n) is 5.27. The predicted octanol–water partition coefficient (Wildman–Crippen LogP) is 0.703. The van der Waals surface area contributed by atoms with Crippen molar-refractivity contribution in [1.82, 2.24) is 9.80 Å². The molecule has 3 heteroatoms. The maximum absolute atomic E-state index is 11.2. The third-order valence-corrected chi connectivity index (χ3v) is 3.04. The van der Waals surface area contributed by atoms with Crippen molar-refractivity contribution in [3.8, 4) is 0 Å². The third-order valence-electron chi connectivity index (χ3n) is 3.04. The van der Waals surface area contributed by atoms with Gasteiger partial charge in [-0.15, -0.1) is 0 Å². The van der Waals surface area contributed by atoms with Crippen molar-refractivity contribution < 1.29 is 4.79 Å². The summed E-state index contributed by atoms with van der Waals surface area (Å²) in [6, 6.07) is 0.854. The van der Waals surface area contributed by atoms with Crippen LogP contribution in [0.15, 0.2) is 0 Å². The Hall–Kier alpha value is -0.570. The standard InChI is InChI=1S/C10H18N2O/c1-9(13)11-5-2-6-12(8-7-11)10-3-4-10/h10H,2-8H2,1H3. The van der Waals surface area contributed by atoms with E-state index in [-0.39, 0.29) is 5.91 Å². The lowest BCUT2D eigenvalue weighted by Gasteiger charge is -2.20. The minimum Gasteiger partial charge on any atom is -0.342 e. The monoisotopic (exact) mass is 182 g/mol. The summed E-state index contributed by atoms with van der Waals surface area (Å²) in [5, 5.41) is 0. The lowest BCUT2D eigenvalue weighted by Crippen LogP contribution is -2.34. The van der Waals surface area contributed by atoms with E-state index < -0.39 is 0 Å². The minimum absolute atomic E-state index is 0.234. The van der Waals surface area contributed by atoms with Crippen LogP contribution < -0.4 is 0 Å². The number of nitrogens with zero attached hydrogens (tertiary/aromatic N) is 2. The van der Waals surface area contributed by atoms with Gasteiger partial charge in [0.1, 0.15) is 0 Å². The summed E-state index contributed by atoms with van der Waals surface area (Å²) < 4.78 is 0. The zero-order valence-electron chi connectivity index (χ0n) is 8.33. The van der Waals surface area contributed by atoms with Crippen molar-refractivity contribution in [2.24, 2.45) is 0 Å². The molecule has 0 unspecified atom stereocenters. The first kappa shape index (κ1) is 9.00. The van der Waals surface area contributed by atoms with Gasteiger partial charge in [-0.3, -0.25) is 9.69 Å². The van der Waals surface area contributed by atoms with E-state index in [9.17, 15) is 4.79 Å². The smallest absolute Gasteiger partial charge is 0.219 e. The second kappa shape index (κ2) is 3.66. The maximum atomic E-state index is 11.2. The van der Waals surface area contributed by atoms with E-state index in [0.717, 1.165) is 32.1 Å². The Morgan fingerprint density at radius 1 is 1.15 bits per heavy atom. The number of carbonyl (C=O) groups is 1. The molecule has 0 aromatic heterocycles. The lowest BCUT2D eigenvalue weighted by atomic mass is 10.4. The second-order valence-electron chi connectivity index (χ2n) is 4.13. The molecule has 2 rings (SSSR count). The van der Waals surface area contributed by atoms with Crippen LogP contribution >= 0.6 is 0 Å². The Kier molecular flexibility index (Phi) is 2.54. The summed E-state index contributed by atoms with van der Waals surface area (Å²) in [5.41, 5.74) is 0. The molecule has 1 aliphatic heterocycles. The molecular weight excluding hydrogens is 164 g/mol. The fraction of sp³-hybridized carbons (Fsp3) is 0.900. The molecule has 1 aliphatic carbocycles. The summed E-state index contributed by atoms with van der Waals surface area (Å²) in [7, 11) is 0. The number of carbonyl (C=O) groups excluding carboxylic acids is 1. The molecular formula is C10H18N2O. The quantitative estimate of drug-likeness (QED) is 0.596. The van der Waals surface area contributed by atoms with Crippen LogP contribution in [0.4, 0.5) is 0 Å². The third kappa shape index (κ3) is 2.21. The molecule has 1 saturated heterocycles. The van der Waals surface area contributed by atoms with Gasteiger partial charge in [0.15, 0.2) is 0 Å². The molecule has 1 amide bonds. The van der Waals surface area contributed by atoms with E-state index in [2.05, 4.69) is 4.90 Å². The Balaban J connectivity index is 1.85. The zero-order chi connectivity index (χ0) is 9.26. The average Bonchev–Trinajstić information content (AvgIpc) is 2.91. The molecule has 13 heavy (non-hydrogen) atoms. The largest absolute Gasteiger partial charge is 0.342 e. The predicted molar refractivity (Wildman–Crippen MR) is 51.5 cm³/mol. The van der Waals surface area contributed by atoms with Gasteiger partial charge in [0, 0.05) is 39.1 Å². The lowest BCUT2D eigenvalue weighted by molar-refractivity contribution is -0.128. The summed E-state index contributed by atoms with van der Waals surface area (Å²) in [6.45, 7) is 5.84. The maximum Gasteiger partial charge on any atom is 0.219 e. The van der Waals surface area contributed by atoms with Crippen molar-refractivity contribution in [3.63, 3.8) is 0 Å². The minimum atomic E-state index is 0.234. The van der Waals surface area contributed by atoms with Gasteiger partial charge in [0.2, 0.25) is 5.91 Å². The molecule has 0 spiro atoms. The Morgan fingerprint density at radius 3 is 2.54 bits per heavy atom. The molecule has 1 saturated carbocycles. The van der Waals surface area contributed by atoms with Gasteiger partial charge in [-0.05, 0) is 19.3 Å². The van der Waals surface area contributed by atoms with Gasteiger partial charge < -0.3 is 4.90 Å². The van der Waals surface area contributed by atoms with E-state index in [1.54, 1.807) is 6.92 Å². The fourth-order valence-corrected chi connectivity index (χ4v) is 2.06. The number of hydrogen-bond donors (Lipinski definition) is 0. The highest BCUT2D eigenvalue weighted by Crippen LogP contribution is 2.27. The van der Waals surface area contributed by atoms with Crippen LogP contribution in [0, 0.1) is 0 Å². The zero-order valence-corrected chi connectivity index (χ0v) is 8.33. The van der Waals surface area contributed by atoms with Gasteiger partial charge in [-0.1, -0.05) is 0 Å². The van der Waals surface area contributed by atoms with E-state index in [1.165, 1.54) is 19.4 Å². The van der Waals surface area contributed by atoms with Crippen LogP contribution in [0.2, 0.25) is 0 Å². The van der Waals surface area contributed by atoms with Crippen LogP contribution in [-0.2, 0) is 4.79 Å². The molecule has 0 aromatic carbocycles. The Labute approximate surface area is 79.7 Å². The number of hydrogen-bond acceptors (Lipinski definition) is 2. The second-order valence-corrected chi connectivity index (χ2v) is 4.13. The molecule has 0 N–H and O–H groups in total. The first-order valence-corrected chi connectivity index (χ1v) is 5.27. The number of rotatable bonds is 1. The fourth-order valence-electron chi connectivity index (χ4n) is 2.06. The Morgan fingerprint density at radius 2 is 1.92 bits per heavy atom. The molecule has 0 atom stereocenters. The average molecular weight is 182 g/mol. The van der Waals surface area contributed by atoms with Crippen molar-refractivity contribution in [1.29, 1.82) is 0 Å². The molecule has 2 aliphatic rings. The van der Waals surface area contributed by atoms with Crippen LogP contribution in [0.5, 0.6) is 0 Å². The van der Waals surface area contributed by atoms with E-state index >= 15 is 0 Å². The first-order chi connectivity index (χ1) is 6.27.